The number of rotatable bonds is 5. The lowest BCUT2D eigenvalue weighted by Gasteiger charge is -2.05. The molecule has 16 heavy (non-hydrogen) atoms. The second kappa shape index (κ2) is 6.61. The minimum atomic E-state index is -0.0324. The van der Waals surface area contributed by atoms with E-state index in [4.69, 9.17) is 11.6 Å². The molecule has 86 valence electrons. The molecular weight excluding hydrogens is 242 g/mol. The summed E-state index contributed by atoms with van der Waals surface area (Å²) in [5.74, 6) is 0.365. The van der Waals surface area contributed by atoms with Crippen LogP contribution in [0.1, 0.15) is 5.56 Å². The van der Waals surface area contributed by atoms with E-state index < -0.39 is 0 Å². The second-order valence-corrected chi connectivity index (χ2v) is 4.90. The Morgan fingerprint density at radius 2 is 2.19 bits per heavy atom. The van der Waals surface area contributed by atoms with Crippen LogP contribution in [0.4, 0.5) is 0 Å². The van der Waals surface area contributed by atoms with Gasteiger partial charge in [0.05, 0.1) is 12.3 Å². The van der Waals surface area contributed by atoms with E-state index in [-0.39, 0.29) is 5.91 Å². The van der Waals surface area contributed by atoms with E-state index in [0.717, 1.165) is 4.90 Å². The first-order valence-electron chi connectivity index (χ1n) is 4.88. The maximum absolute atomic E-state index is 11.4. The highest BCUT2D eigenvalue weighted by Gasteiger charge is 2.03. The van der Waals surface area contributed by atoms with Crippen LogP contribution in [0, 0.1) is 6.92 Å². The summed E-state index contributed by atoms with van der Waals surface area (Å²) in [6.45, 7) is 5.86. The fourth-order valence-corrected chi connectivity index (χ4v) is 2.03. The summed E-state index contributed by atoms with van der Waals surface area (Å²) in [6.07, 6.45) is 0. The molecule has 1 rings (SSSR count). The van der Waals surface area contributed by atoms with Crippen molar-refractivity contribution < 1.29 is 4.79 Å². The third-order valence-corrected chi connectivity index (χ3v) is 3.24. The number of nitrogens with one attached hydrogen (secondary N) is 1. The van der Waals surface area contributed by atoms with Gasteiger partial charge in [-0.1, -0.05) is 36.4 Å². The number of carbonyl (C=O) groups is 1. The van der Waals surface area contributed by atoms with Crippen molar-refractivity contribution in [3.8, 4) is 0 Å². The van der Waals surface area contributed by atoms with Gasteiger partial charge < -0.3 is 5.32 Å². The summed E-state index contributed by atoms with van der Waals surface area (Å²) in [5, 5.41) is 3.12. The van der Waals surface area contributed by atoms with Gasteiger partial charge in [0.2, 0.25) is 5.91 Å². The van der Waals surface area contributed by atoms with E-state index in [1.807, 2.05) is 31.2 Å². The lowest BCUT2D eigenvalue weighted by atomic mass is 10.2. The van der Waals surface area contributed by atoms with Gasteiger partial charge in [-0.3, -0.25) is 4.79 Å². The Morgan fingerprint density at radius 3 is 2.81 bits per heavy atom. The highest BCUT2D eigenvalue weighted by Crippen LogP contribution is 2.21. The van der Waals surface area contributed by atoms with Crippen LogP contribution in [0.2, 0.25) is 0 Å². The van der Waals surface area contributed by atoms with Crippen molar-refractivity contribution >= 4 is 29.3 Å². The molecule has 0 saturated heterocycles. The molecule has 0 bridgehead atoms. The van der Waals surface area contributed by atoms with Gasteiger partial charge in [-0.25, -0.2) is 0 Å². The number of hydrogen-bond acceptors (Lipinski definition) is 2. The van der Waals surface area contributed by atoms with Gasteiger partial charge in [-0.05, 0) is 18.6 Å². The van der Waals surface area contributed by atoms with E-state index in [1.165, 1.54) is 17.3 Å². The van der Waals surface area contributed by atoms with Crippen LogP contribution in [0.3, 0.4) is 0 Å². The number of hydrogen-bond donors (Lipinski definition) is 1. The summed E-state index contributed by atoms with van der Waals surface area (Å²) in [6, 6.07) is 7.99. The molecule has 0 aliphatic heterocycles. The SMILES string of the molecule is C=C(Cl)CNC(=O)CSc1ccccc1C. The van der Waals surface area contributed by atoms with Crippen LogP contribution in [-0.4, -0.2) is 18.2 Å². The summed E-state index contributed by atoms with van der Waals surface area (Å²) in [7, 11) is 0. The molecule has 1 N–H and O–H groups in total. The number of thioether (sulfide) groups is 1. The molecule has 4 heteroatoms. The zero-order chi connectivity index (χ0) is 12.0. The number of aryl methyl sites for hydroxylation is 1. The molecule has 0 radical (unpaired) electrons. The van der Waals surface area contributed by atoms with Crippen molar-refractivity contribution in [2.45, 2.75) is 11.8 Å². The van der Waals surface area contributed by atoms with Crippen LogP contribution in [0.5, 0.6) is 0 Å². The molecule has 2 nitrogen and oxygen atoms in total. The minimum Gasteiger partial charge on any atom is -0.350 e. The van der Waals surface area contributed by atoms with Gasteiger partial charge in [0.1, 0.15) is 0 Å². The Balaban J connectivity index is 2.37. The lowest BCUT2D eigenvalue weighted by Crippen LogP contribution is -2.26. The zero-order valence-electron chi connectivity index (χ0n) is 9.13. The van der Waals surface area contributed by atoms with Gasteiger partial charge in [-0.15, -0.1) is 11.8 Å². The Bertz CT molecular complexity index is 392. The summed E-state index contributed by atoms with van der Waals surface area (Å²) >= 11 is 7.07. The molecule has 0 unspecified atom stereocenters. The number of carbonyl (C=O) groups excluding carboxylic acids is 1. The molecule has 0 aromatic heterocycles. The summed E-state index contributed by atoms with van der Waals surface area (Å²) in [4.78, 5) is 12.5. The predicted molar refractivity (Wildman–Crippen MR) is 69.9 cm³/mol. The first-order valence-corrected chi connectivity index (χ1v) is 6.24. The third kappa shape index (κ3) is 4.73. The highest BCUT2D eigenvalue weighted by molar-refractivity contribution is 8.00. The quantitative estimate of drug-likeness (QED) is 0.820. The first kappa shape index (κ1) is 13.1. The number of amides is 1. The Hall–Kier alpha value is -0.930. The first-order chi connectivity index (χ1) is 7.59. The van der Waals surface area contributed by atoms with E-state index in [0.29, 0.717) is 17.3 Å². The molecule has 0 aliphatic rings. The van der Waals surface area contributed by atoms with Crippen molar-refractivity contribution in [3.63, 3.8) is 0 Å². The molecule has 0 aliphatic carbocycles. The Kier molecular flexibility index (Phi) is 5.43. The third-order valence-electron chi connectivity index (χ3n) is 1.93. The van der Waals surface area contributed by atoms with E-state index >= 15 is 0 Å². The monoisotopic (exact) mass is 255 g/mol. The largest absolute Gasteiger partial charge is 0.350 e. The predicted octanol–water partition coefficient (Wildman–Crippen LogP) is 2.96. The van der Waals surface area contributed by atoms with Crippen LogP contribution in [-0.2, 0) is 4.79 Å². The Labute approximate surface area is 105 Å². The summed E-state index contributed by atoms with van der Waals surface area (Å²) < 4.78 is 0. The molecule has 1 amide bonds. The standard InChI is InChI=1S/C12H14ClNOS/c1-9-5-3-4-6-11(9)16-8-12(15)14-7-10(2)13/h3-6H,2,7-8H2,1H3,(H,14,15). The maximum Gasteiger partial charge on any atom is 0.230 e. The fourth-order valence-electron chi connectivity index (χ4n) is 1.11. The Morgan fingerprint density at radius 1 is 1.50 bits per heavy atom. The maximum atomic E-state index is 11.4. The van der Waals surface area contributed by atoms with Gasteiger partial charge in [0, 0.05) is 9.93 Å². The van der Waals surface area contributed by atoms with Crippen molar-refractivity contribution in [1.29, 1.82) is 0 Å². The molecule has 0 spiro atoms. The van der Waals surface area contributed by atoms with Gasteiger partial charge >= 0.3 is 0 Å². The molecule has 1 aromatic carbocycles. The highest BCUT2D eigenvalue weighted by atomic mass is 35.5. The van der Waals surface area contributed by atoms with E-state index in [2.05, 4.69) is 11.9 Å². The molecule has 1 aromatic rings. The zero-order valence-corrected chi connectivity index (χ0v) is 10.7. The normalized spacial score (nSPS) is 9.88. The molecule has 0 fully saturated rings. The van der Waals surface area contributed by atoms with Crippen LogP contribution < -0.4 is 5.32 Å². The second-order valence-electron chi connectivity index (χ2n) is 3.35. The average molecular weight is 256 g/mol. The lowest BCUT2D eigenvalue weighted by molar-refractivity contribution is -0.118. The number of halogens is 1. The minimum absolute atomic E-state index is 0.0324. The fraction of sp³-hybridized carbons (Fsp3) is 0.250. The van der Waals surface area contributed by atoms with Gasteiger partial charge in [-0.2, -0.15) is 0 Å². The van der Waals surface area contributed by atoms with Crippen molar-refractivity contribution in [2.24, 2.45) is 0 Å². The van der Waals surface area contributed by atoms with Crippen LogP contribution in [0.15, 0.2) is 40.8 Å². The average Bonchev–Trinajstić information content (AvgIpc) is 2.25. The molecule has 0 saturated carbocycles. The van der Waals surface area contributed by atoms with E-state index in [9.17, 15) is 4.79 Å². The van der Waals surface area contributed by atoms with Crippen molar-refractivity contribution in [3.05, 3.63) is 41.4 Å². The van der Waals surface area contributed by atoms with Gasteiger partial charge in [0.15, 0.2) is 0 Å². The molecule has 0 atom stereocenters. The van der Waals surface area contributed by atoms with Crippen LogP contribution >= 0.6 is 23.4 Å². The van der Waals surface area contributed by atoms with Crippen LogP contribution in [0.25, 0.3) is 0 Å². The van der Waals surface area contributed by atoms with Crippen molar-refractivity contribution in [1.82, 2.24) is 5.32 Å². The number of benzene rings is 1. The van der Waals surface area contributed by atoms with E-state index in [1.54, 1.807) is 0 Å². The summed E-state index contributed by atoms with van der Waals surface area (Å²) in [5.41, 5.74) is 1.18. The molecular formula is C12H14ClNOS. The van der Waals surface area contributed by atoms with Crippen molar-refractivity contribution in [2.75, 3.05) is 12.3 Å². The smallest absolute Gasteiger partial charge is 0.230 e. The topological polar surface area (TPSA) is 29.1 Å². The molecule has 0 heterocycles. The van der Waals surface area contributed by atoms with Gasteiger partial charge in [0.25, 0.3) is 0 Å².